The van der Waals surface area contributed by atoms with Crippen molar-refractivity contribution in [1.82, 2.24) is 5.32 Å². The Morgan fingerprint density at radius 1 is 1.33 bits per heavy atom. The minimum Gasteiger partial charge on any atom is -0.395 e. The third kappa shape index (κ3) is 2.68. The molecule has 1 saturated heterocycles. The molecule has 1 aliphatic heterocycles. The summed E-state index contributed by atoms with van der Waals surface area (Å²) in [6, 6.07) is 6.56. The Morgan fingerprint density at radius 2 is 1.94 bits per heavy atom. The predicted molar refractivity (Wildman–Crippen MR) is 76.2 cm³/mol. The number of nitrogens with one attached hydrogen (secondary N) is 1. The lowest BCUT2D eigenvalue weighted by molar-refractivity contribution is 0.191. The van der Waals surface area contributed by atoms with E-state index in [1.165, 1.54) is 16.8 Å². The normalized spacial score (nSPS) is 23.2. The van der Waals surface area contributed by atoms with Crippen molar-refractivity contribution in [2.75, 3.05) is 24.6 Å². The van der Waals surface area contributed by atoms with Crippen molar-refractivity contribution in [3.05, 3.63) is 29.3 Å². The molecule has 1 atom stereocenters. The van der Waals surface area contributed by atoms with Gasteiger partial charge < -0.3 is 15.3 Å². The van der Waals surface area contributed by atoms with E-state index in [9.17, 15) is 5.11 Å². The van der Waals surface area contributed by atoms with E-state index >= 15 is 0 Å². The second-order valence-electron chi connectivity index (χ2n) is 6.03. The smallest absolute Gasteiger partial charge is 0.0602 e. The van der Waals surface area contributed by atoms with E-state index in [1.807, 2.05) is 0 Å². The van der Waals surface area contributed by atoms with Crippen LogP contribution in [0.1, 0.15) is 25.0 Å². The van der Waals surface area contributed by atoms with Gasteiger partial charge >= 0.3 is 0 Å². The molecule has 0 saturated carbocycles. The molecule has 0 radical (unpaired) electrons. The second kappa shape index (κ2) is 4.90. The Bertz CT molecular complexity index is 408. The van der Waals surface area contributed by atoms with Crippen LogP contribution in [0.4, 0.5) is 5.69 Å². The third-order valence-electron chi connectivity index (χ3n) is 3.60. The number of hydrogen-bond donors (Lipinski definition) is 2. The van der Waals surface area contributed by atoms with Crippen LogP contribution in [0.2, 0.25) is 0 Å². The number of piperazine rings is 1. The number of aliphatic hydroxyl groups is 1. The number of aryl methyl sites for hydroxylation is 2. The molecule has 1 aromatic carbocycles. The van der Waals surface area contributed by atoms with Crippen LogP contribution in [-0.2, 0) is 0 Å². The van der Waals surface area contributed by atoms with Crippen molar-refractivity contribution in [3.63, 3.8) is 0 Å². The Labute approximate surface area is 110 Å². The molecule has 100 valence electrons. The van der Waals surface area contributed by atoms with Gasteiger partial charge in [-0.3, -0.25) is 0 Å². The Morgan fingerprint density at radius 3 is 2.50 bits per heavy atom. The molecule has 1 heterocycles. The average molecular weight is 248 g/mol. The number of anilines is 1. The van der Waals surface area contributed by atoms with Gasteiger partial charge in [0.2, 0.25) is 0 Å². The van der Waals surface area contributed by atoms with Gasteiger partial charge in [0.25, 0.3) is 0 Å². The fourth-order valence-corrected chi connectivity index (χ4v) is 3.03. The molecule has 0 aliphatic carbocycles. The summed E-state index contributed by atoms with van der Waals surface area (Å²) >= 11 is 0. The molecule has 18 heavy (non-hydrogen) atoms. The first kappa shape index (κ1) is 13.4. The van der Waals surface area contributed by atoms with Crippen molar-refractivity contribution in [2.24, 2.45) is 0 Å². The number of nitrogens with zero attached hydrogens (tertiary/aromatic N) is 1. The number of aliphatic hydroxyl groups excluding tert-OH is 1. The summed E-state index contributed by atoms with van der Waals surface area (Å²) in [5.74, 6) is 0. The van der Waals surface area contributed by atoms with E-state index in [0.29, 0.717) is 0 Å². The first-order chi connectivity index (χ1) is 8.43. The topological polar surface area (TPSA) is 35.5 Å². The molecule has 0 bridgehead atoms. The zero-order valence-corrected chi connectivity index (χ0v) is 11.8. The number of para-hydroxylation sites is 1. The molecule has 1 fully saturated rings. The van der Waals surface area contributed by atoms with Crippen molar-refractivity contribution in [1.29, 1.82) is 0 Å². The van der Waals surface area contributed by atoms with Gasteiger partial charge in [-0.25, -0.2) is 0 Å². The molecular weight excluding hydrogens is 224 g/mol. The summed E-state index contributed by atoms with van der Waals surface area (Å²) in [4.78, 5) is 2.40. The summed E-state index contributed by atoms with van der Waals surface area (Å²) in [7, 11) is 0. The maximum Gasteiger partial charge on any atom is 0.0602 e. The van der Waals surface area contributed by atoms with Gasteiger partial charge in [-0.05, 0) is 38.8 Å². The Kier molecular flexibility index (Phi) is 3.64. The SMILES string of the molecule is Cc1cccc(C)c1N1CC(CO)NC(C)(C)C1. The van der Waals surface area contributed by atoms with E-state index in [1.54, 1.807) is 0 Å². The van der Waals surface area contributed by atoms with Crippen LogP contribution in [0.15, 0.2) is 18.2 Å². The molecular formula is C15H24N2O. The van der Waals surface area contributed by atoms with Crippen LogP contribution < -0.4 is 10.2 Å². The fraction of sp³-hybridized carbons (Fsp3) is 0.600. The summed E-state index contributed by atoms with van der Waals surface area (Å²) < 4.78 is 0. The summed E-state index contributed by atoms with van der Waals surface area (Å²) in [5, 5.41) is 12.9. The highest BCUT2D eigenvalue weighted by molar-refractivity contribution is 5.59. The van der Waals surface area contributed by atoms with Gasteiger partial charge in [0.1, 0.15) is 0 Å². The second-order valence-corrected chi connectivity index (χ2v) is 6.03. The number of rotatable bonds is 2. The molecule has 3 nitrogen and oxygen atoms in total. The van der Waals surface area contributed by atoms with Crippen LogP contribution in [0.3, 0.4) is 0 Å². The molecule has 0 aromatic heterocycles. The van der Waals surface area contributed by atoms with Gasteiger partial charge in [0.15, 0.2) is 0 Å². The van der Waals surface area contributed by atoms with Gasteiger partial charge in [0.05, 0.1) is 6.61 Å². The molecule has 1 aromatic rings. The monoisotopic (exact) mass is 248 g/mol. The van der Waals surface area contributed by atoms with Crippen molar-refractivity contribution >= 4 is 5.69 Å². The highest BCUT2D eigenvalue weighted by atomic mass is 16.3. The van der Waals surface area contributed by atoms with Gasteiger partial charge in [-0.1, -0.05) is 18.2 Å². The quantitative estimate of drug-likeness (QED) is 0.838. The van der Waals surface area contributed by atoms with Gasteiger partial charge in [0, 0.05) is 30.4 Å². The average Bonchev–Trinajstić information content (AvgIpc) is 2.26. The molecule has 1 aliphatic rings. The summed E-state index contributed by atoms with van der Waals surface area (Å²) in [6.45, 7) is 10.7. The lowest BCUT2D eigenvalue weighted by atomic mass is 9.96. The summed E-state index contributed by atoms with van der Waals surface area (Å²) in [6.07, 6.45) is 0. The van der Waals surface area contributed by atoms with Crippen molar-refractivity contribution in [2.45, 2.75) is 39.3 Å². The van der Waals surface area contributed by atoms with Crippen LogP contribution in [0.25, 0.3) is 0 Å². The minimum atomic E-state index is 0.0281. The van der Waals surface area contributed by atoms with E-state index < -0.39 is 0 Å². The third-order valence-corrected chi connectivity index (χ3v) is 3.60. The molecule has 0 spiro atoms. The van der Waals surface area contributed by atoms with Crippen molar-refractivity contribution < 1.29 is 5.11 Å². The van der Waals surface area contributed by atoms with Crippen molar-refractivity contribution in [3.8, 4) is 0 Å². The highest BCUT2D eigenvalue weighted by Gasteiger charge is 2.32. The van der Waals surface area contributed by atoms with E-state index in [-0.39, 0.29) is 18.2 Å². The highest BCUT2D eigenvalue weighted by Crippen LogP contribution is 2.28. The number of hydrogen-bond acceptors (Lipinski definition) is 3. The predicted octanol–water partition coefficient (Wildman–Crippen LogP) is 1.85. The maximum atomic E-state index is 9.44. The summed E-state index contributed by atoms with van der Waals surface area (Å²) in [5.41, 5.74) is 3.97. The molecule has 2 N–H and O–H groups in total. The first-order valence-electron chi connectivity index (χ1n) is 6.63. The zero-order chi connectivity index (χ0) is 13.3. The minimum absolute atomic E-state index is 0.0281. The fourth-order valence-electron chi connectivity index (χ4n) is 3.03. The van der Waals surface area contributed by atoms with Gasteiger partial charge in [-0.15, -0.1) is 0 Å². The molecule has 0 amide bonds. The lowest BCUT2D eigenvalue weighted by Gasteiger charge is -2.45. The van der Waals surface area contributed by atoms with E-state index in [4.69, 9.17) is 0 Å². The molecule has 2 rings (SSSR count). The standard InChI is InChI=1S/C15H24N2O/c1-11-6-5-7-12(2)14(11)17-8-13(9-18)16-15(3,4)10-17/h5-7,13,16,18H,8-10H2,1-4H3. The Balaban J connectivity index is 2.32. The molecule has 3 heteroatoms. The van der Waals surface area contributed by atoms with Gasteiger partial charge in [-0.2, -0.15) is 0 Å². The van der Waals surface area contributed by atoms with Crippen LogP contribution in [-0.4, -0.2) is 36.4 Å². The largest absolute Gasteiger partial charge is 0.395 e. The first-order valence-corrected chi connectivity index (χ1v) is 6.63. The van der Waals surface area contributed by atoms with Crippen LogP contribution in [0, 0.1) is 13.8 Å². The van der Waals surface area contributed by atoms with E-state index in [0.717, 1.165) is 13.1 Å². The number of benzene rings is 1. The molecule has 1 unspecified atom stereocenters. The lowest BCUT2D eigenvalue weighted by Crippen LogP contribution is -2.63. The van der Waals surface area contributed by atoms with E-state index in [2.05, 4.69) is 56.1 Å². The maximum absolute atomic E-state index is 9.44. The van der Waals surface area contributed by atoms with Crippen LogP contribution >= 0.6 is 0 Å². The zero-order valence-electron chi connectivity index (χ0n) is 11.8. The Hall–Kier alpha value is -1.06. The van der Waals surface area contributed by atoms with Crippen LogP contribution in [0.5, 0.6) is 0 Å².